The Kier molecular flexibility index (Phi) is 13.5. The van der Waals surface area contributed by atoms with Crippen LogP contribution in [0.1, 0.15) is 102 Å². The van der Waals surface area contributed by atoms with Crippen molar-refractivity contribution >= 4 is 0 Å². The first-order chi connectivity index (χ1) is 21.4. The first-order valence-corrected chi connectivity index (χ1v) is 16.4. The summed E-state index contributed by atoms with van der Waals surface area (Å²) in [7, 11) is 0. The summed E-state index contributed by atoms with van der Waals surface area (Å²) in [6.07, 6.45) is 16.4. The van der Waals surface area contributed by atoms with Crippen LogP contribution in [0, 0.1) is 23.3 Å². The van der Waals surface area contributed by atoms with Crippen molar-refractivity contribution in [3.05, 3.63) is 95.1 Å². The molecule has 0 N–H and O–H groups in total. The zero-order valence-electron chi connectivity index (χ0n) is 26.2. The molecule has 0 saturated carbocycles. The molecule has 0 radical (unpaired) electrons. The third-order valence-electron chi connectivity index (χ3n) is 8.44. The molecule has 1 fully saturated rings. The fourth-order valence-electron chi connectivity index (χ4n) is 5.73. The van der Waals surface area contributed by atoms with Gasteiger partial charge in [0.2, 0.25) is 0 Å². The molecule has 3 aromatic carbocycles. The molecule has 0 bridgehead atoms. The summed E-state index contributed by atoms with van der Waals surface area (Å²) < 4.78 is 71.9. The van der Waals surface area contributed by atoms with E-state index in [-0.39, 0.29) is 36.2 Å². The normalized spacial score (nSPS) is 17.0. The first-order valence-electron chi connectivity index (χ1n) is 16.4. The van der Waals surface area contributed by atoms with E-state index in [2.05, 4.69) is 13.8 Å². The first kappa shape index (κ1) is 33.9. The zero-order valence-corrected chi connectivity index (χ0v) is 26.2. The lowest BCUT2D eigenvalue weighted by Crippen LogP contribution is -2.31. The van der Waals surface area contributed by atoms with E-state index in [0.717, 1.165) is 32.1 Å². The Hall–Kier alpha value is -2.96. The minimum Gasteiger partial charge on any atom is -0.352 e. The molecule has 0 unspecified atom stereocenters. The number of halogens is 4. The predicted molar refractivity (Wildman–Crippen MR) is 171 cm³/mol. The van der Waals surface area contributed by atoms with Gasteiger partial charge in [-0.2, -0.15) is 0 Å². The van der Waals surface area contributed by atoms with Crippen molar-refractivity contribution in [3.8, 4) is 22.3 Å². The summed E-state index contributed by atoms with van der Waals surface area (Å²) in [5.41, 5.74) is 1.64. The lowest BCUT2D eigenvalue weighted by atomic mass is 9.94. The summed E-state index contributed by atoms with van der Waals surface area (Å²) in [6.45, 7) is 4.84. The van der Waals surface area contributed by atoms with Crippen LogP contribution in [-0.2, 0) is 15.9 Å². The van der Waals surface area contributed by atoms with Crippen LogP contribution in [0.25, 0.3) is 22.3 Å². The van der Waals surface area contributed by atoms with Crippen molar-refractivity contribution in [1.29, 1.82) is 0 Å². The fraction of sp³-hybridized carbons (Fsp3) is 0.474. The summed E-state index contributed by atoms with van der Waals surface area (Å²) >= 11 is 0. The SMILES string of the molecule is CCC/C=C\Cc1ccc(-c2ccc(-c3ccc(C4COC(CCCCCCCCCC)OC4)c(F)c3F)cc2)c(F)c1F. The molecule has 2 nitrogen and oxygen atoms in total. The minimum atomic E-state index is -0.950. The third kappa shape index (κ3) is 9.04. The van der Waals surface area contributed by atoms with E-state index in [1.807, 2.05) is 12.2 Å². The van der Waals surface area contributed by atoms with Gasteiger partial charge in [0.25, 0.3) is 0 Å². The summed E-state index contributed by atoms with van der Waals surface area (Å²) in [5, 5.41) is 0. The van der Waals surface area contributed by atoms with Crippen LogP contribution in [0.15, 0.2) is 60.7 Å². The van der Waals surface area contributed by atoms with Gasteiger partial charge in [0, 0.05) is 17.0 Å². The van der Waals surface area contributed by atoms with E-state index in [9.17, 15) is 8.78 Å². The Bertz CT molecular complexity index is 1340. The largest absolute Gasteiger partial charge is 0.352 e. The molecule has 1 aliphatic heterocycles. The molecule has 6 heteroatoms. The van der Waals surface area contributed by atoms with Crippen molar-refractivity contribution in [2.24, 2.45) is 0 Å². The van der Waals surface area contributed by atoms with Crippen LogP contribution >= 0.6 is 0 Å². The smallest absolute Gasteiger partial charge is 0.166 e. The van der Waals surface area contributed by atoms with Gasteiger partial charge in [-0.05, 0) is 47.9 Å². The number of rotatable bonds is 16. The van der Waals surface area contributed by atoms with E-state index in [0.29, 0.717) is 23.1 Å². The Balaban J connectivity index is 1.33. The van der Waals surface area contributed by atoms with Crippen LogP contribution in [-0.4, -0.2) is 19.5 Å². The summed E-state index contributed by atoms with van der Waals surface area (Å²) in [6, 6.07) is 12.6. The number of unbranched alkanes of at least 4 members (excludes halogenated alkanes) is 8. The van der Waals surface area contributed by atoms with Crippen LogP contribution < -0.4 is 0 Å². The zero-order chi connectivity index (χ0) is 31.3. The van der Waals surface area contributed by atoms with Crippen LogP contribution in [0.2, 0.25) is 0 Å². The lowest BCUT2D eigenvalue weighted by molar-refractivity contribution is -0.190. The molecule has 1 heterocycles. The Morgan fingerprint density at radius 3 is 1.80 bits per heavy atom. The van der Waals surface area contributed by atoms with Crippen molar-refractivity contribution in [2.75, 3.05) is 13.2 Å². The number of allylic oxidation sites excluding steroid dienone is 2. The highest BCUT2D eigenvalue weighted by Gasteiger charge is 2.27. The molecule has 238 valence electrons. The molecule has 0 aromatic heterocycles. The van der Waals surface area contributed by atoms with Gasteiger partial charge in [0.15, 0.2) is 29.6 Å². The molecule has 4 rings (SSSR count). The average Bonchev–Trinajstić information content (AvgIpc) is 3.04. The Morgan fingerprint density at radius 2 is 1.18 bits per heavy atom. The van der Waals surface area contributed by atoms with Crippen molar-refractivity contribution in [3.63, 3.8) is 0 Å². The summed E-state index contributed by atoms with van der Waals surface area (Å²) in [4.78, 5) is 0. The molecular weight excluding hydrogens is 564 g/mol. The van der Waals surface area contributed by atoms with Gasteiger partial charge in [-0.25, -0.2) is 17.6 Å². The highest BCUT2D eigenvalue weighted by molar-refractivity contribution is 5.71. The van der Waals surface area contributed by atoms with E-state index < -0.39 is 29.2 Å². The van der Waals surface area contributed by atoms with Crippen molar-refractivity contribution in [1.82, 2.24) is 0 Å². The van der Waals surface area contributed by atoms with Crippen molar-refractivity contribution < 1.29 is 27.0 Å². The van der Waals surface area contributed by atoms with Crippen LogP contribution in [0.5, 0.6) is 0 Å². The highest BCUT2D eigenvalue weighted by atomic mass is 19.2. The van der Waals surface area contributed by atoms with E-state index >= 15 is 8.78 Å². The standard InChI is InChI=1S/C38H46F4O2/c1-3-5-7-9-10-11-12-14-16-34-43-25-30(26-44-34)33-24-23-32(37(41)38(33)42)28-19-17-27(18-20-28)31-22-21-29(35(39)36(31)40)15-13-8-6-4-2/h8,13,17-24,30,34H,3-7,9-12,14-16,25-26H2,1-2H3/b13-8-. The monoisotopic (exact) mass is 610 g/mol. The molecule has 1 saturated heterocycles. The Morgan fingerprint density at radius 1 is 0.614 bits per heavy atom. The number of ether oxygens (including phenoxy) is 2. The fourth-order valence-corrected chi connectivity index (χ4v) is 5.73. The molecule has 44 heavy (non-hydrogen) atoms. The number of benzene rings is 3. The van der Waals surface area contributed by atoms with Crippen LogP contribution in [0.4, 0.5) is 17.6 Å². The second kappa shape index (κ2) is 17.5. The summed E-state index contributed by atoms with van der Waals surface area (Å²) in [5.74, 6) is -4.04. The second-order valence-electron chi connectivity index (χ2n) is 11.8. The molecule has 0 amide bonds. The van der Waals surface area contributed by atoms with Crippen molar-refractivity contribution in [2.45, 2.75) is 103 Å². The number of hydrogen-bond acceptors (Lipinski definition) is 2. The Labute approximate surface area is 260 Å². The van der Waals surface area contributed by atoms with Gasteiger partial charge >= 0.3 is 0 Å². The molecule has 0 aliphatic carbocycles. The minimum absolute atomic E-state index is 0.101. The number of hydrogen-bond donors (Lipinski definition) is 0. The van der Waals surface area contributed by atoms with Gasteiger partial charge in [0.05, 0.1) is 13.2 Å². The van der Waals surface area contributed by atoms with Gasteiger partial charge in [-0.15, -0.1) is 0 Å². The average molecular weight is 611 g/mol. The molecule has 3 aromatic rings. The van der Waals surface area contributed by atoms with E-state index in [4.69, 9.17) is 9.47 Å². The predicted octanol–water partition coefficient (Wildman–Crippen LogP) is 11.5. The van der Waals surface area contributed by atoms with E-state index in [1.165, 1.54) is 38.5 Å². The highest BCUT2D eigenvalue weighted by Crippen LogP contribution is 2.34. The maximum Gasteiger partial charge on any atom is 0.166 e. The maximum absolute atomic E-state index is 15.3. The van der Waals surface area contributed by atoms with Gasteiger partial charge in [-0.3, -0.25) is 0 Å². The third-order valence-corrected chi connectivity index (χ3v) is 8.44. The van der Waals surface area contributed by atoms with Gasteiger partial charge in [-0.1, -0.05) is 126 Å². The molecule has 0 atom stereocenters. The van der Waals surface area contributed by atoms with Gasteiger partial charge in [0.1, 0.15) is 0 Å². The lowest BCUT2D eigenvalue weighted by Gasteiger charge is -2.30. The topological polar surface area (TPSA) is 18.5 Å². The molecule has 0 spiro atoms. The molecule has 1 aliphatic rings. The van der Waals surface area contributed by atoms with Gasteiger partial charge < -0.3 is 9.47 Å². The van der Waals surface area contributed by atoms with E-state index in [1.54, 1.807) is 48.5 Å². The second-order valence-corrected chi connectivity index (χ2v) is 11.8. The van der Waals surface area contributed by atoms with Crippen LogP contribution in [0.3, 0.4) is 0 Å². The maximum atomic E-state index is 15.3. The molecular formula is C38H46F4O2. The quantitative estimate of drug-likeness (QED) is 0.0912.